The van der Waals surface area contributed by atoms with E-state index >= 15 is 0 Å². The molecule has 0 atom stereocenters. The average Bonchev–Trinajstić information content (AvgIpc) is 2.75. The standard InChI is InChI=1S/C7H11N3O4S2/c1-14-6(11)5-7(15-4-9-5)16(12,13)10-3-2-8/h4,10H,2-3,8H2,1H3. The molecule has 90 valence electrons. The van der Waals surface area contributed by atoms with E-state index in [0.717, 1.165) is 18.4 Å². The first-order valence-corrected chi connectivity index (χ1v) is 6.60. The van der Waals surface area contributed by atoms with E-state index in [4.69, 9.17) is 5.73 Å². The third kappa shape index (κ3) is 2.76. The third-order valence-corrected chi connectivity index (χ3v) is 4.42. The summed E-state index contributed by atoms with van der Waals surface area (Å²) in [5.74, 6) is -0.783. The number of nitrogens with one attached hydrogen (secondary N) is 1. The number of sulfonamides is 1. The van der Waals surface area contributed by atoms with Crippen LogP contribution in [0.3, 0.4) is 0 Å². The van der Waals surface area contributed by atoms with E-state index in [1.54, 1.807) is 0 Å². The Bertz CT molecular complexity index is 468. The zero-order chi connectivity index (χ0) is 12.2. The minimum atomic E-state index is -3.74. The maximum absolute atomic E-state index is 11.7. The quantitative estimate of drug-likeness (QED) is 0.672. The Morgan fingerprint density at radius 1 is 1.69 bits per heavy atom. The van der Waals surface area contributed by atoms with Crippen molar-refractivity contribution in [2.24, 2.45) is 5.73 Å². The van der Waals surface area contributed by atoms with Crippen LogP contribution in [0, 0.1) is 0 Å². The molecule has 0 unspecified atom stereocenters. The van der Waals surface area contributed by atoms with Crippen molar-refractivity contribution in [3.05, 3.63) is 11.2 Å². The van der Waals surface area contributed by atoms with Gasteiger partial charge in [-0.25, -0.2) is 22.9 Å². The lowest BCUT2D eigenvalue weighted by Crippen LogP contribution is -2.29. The van der Waals surface area contributed by atoms with Crippen LogP contribution in [0.25, 0.3) is 0 Å². The van der Waals surface area contributed by atoms with Crippen LogP contribution in [0.2, 0.25) is 0 Å². The number of rotatable bonds is 5. The van der Waals surface area contributed by atoms with Crippen LogP contribution >= 0.6 is 11.3 Å². The van der Waals surface area contributed by atoms with Crippen molar-refractivity contribution in [2.45, 2.75) is 4.21 Å². The lowest BCUT2D eigenvalue weighted by molar-refractivity contribution is 0.0590. The number of nitrogens with zero attached hydrogens (tertiary/aromatic N) is 1. The largest absolute Gasteiger partial charge is 0.464 e. The smallest absolute Gasteiger partial charge is 0.358 e. The predicted molar refractivity (Wildman–Crippen MR) is 57.7 cm³/mol. The Labute approximate surface area is 96.7 Å². The van der Waals surface area contributed by atoms with Crippen molar-refractivity contribution in [1.29, 1.82) is 0 Å². The SMILES string of the molecule is COC(=O)c1ncsc1S(=O)(=O)NCCN. The van der Waals surface area contributed by atoms with Gasteiger partial charge < -0.3 is 10.5 Å². The molecule has 0 bridgehead atoms. The molecule has 0 saturated heterocycles. The lowest BCUT2D eigenvalue weighted by atomic mass is 10.5. The number of aromatic nitrogens is 1. The summed E-state index contributed by atoms with van der Waals surface area (Å²) in [5.41, 5.74) is 6.24. The molecule has 16 heavy (non-hydrogen) atoms. The summed E-state index contributed by atoms with van der Waals surface area (Å²) >= 11 is 0.847. The number of ether oxygens (including phenoxy) is 1. The van der Waals surface area contributed by atoms with Crippen LogP contribution in [0.1, 0.15) is 10.5 Å². The van der Waals surface area contributed by atoms with Crippen molar-refractivity contribution in [3.63, 3.8) is 0 Å². The van der Waals surface area contributed by atoms with Crippen molar-refractivity contribution in [1.82, 2.24) is 9.71 Å². The zero-order valence-electron chi connectivity index (χ0n) is 8.47. The number of thiazole rings is 1. The topological polar surface area (TPSA) is 111 Å². The van der Waals surface area contributed by atoms with Gasteiger partial charge in [-0.15, -0.1) is 11.3 Å². The Morgan fingerprint density at radius 3 is 2.94 bits per heavy atom. The number of nitrogens with two attached hydrogens (primary N) is 1. The van der Waals surface area contributed by atoms with E-state index in [2.05, 4.69) is 14.4 Å². The molecule has 9 heteroatoms. The molecule has 0 saturated carbocycles. The number of esters is 1. The number of carbonyl (C=O) groups is 1. The summed E-state index contributed by atoms with van der Waals surface area (Å²) in [6, 6.07) is 0. The highest BCUT2D eigenvalue weighted by Gasteiger charge is 2.25. The molecule has 1 aromatic heterocycles. The molecule has 7 nitrogen and oxygen atoms in total. The van der Waals surface area contributed by atoms with E-state index < -0.39 is 16.0 Å². The van der Waals surface area contributed by atoms with Crippen LogP contribution in [-0.2, 0) is 14.8 Å². The van der Waals surface area contributed by atoms with Gasteiger partial charge in [0, 0.05) is 13.1 Å². The van der Waals surface area contributed by atoms with Crippen molar-refractivity contribution < 1.29 is 17.9 Å². The summed E-state index contributed by atoms with van der Waals surface area (Å²) in [5, 5.41) is 0. The molecule has 1 rings (SSSR count). The second-order valence-electron chi connectivity index (χ2n) is 2.67. The molecule has 0 fully saturated rings. The van der Waals surface area contributed by atoms with Gasteiger partial charge in [0.1, 0.15) is 0 Å². The molecule has 1 aromatic rings. The summed E-state index contributed by atoms with van der Waals surface area (Å²) in [4.78, 5) is 14.9. The van der Waals surface area contributed by atoms with Gasteiger partial charge in [0.15, 0.2) is 9.90 Å². The summed E-state index contributed by atoms with van der Waals surface area (Å²) in [7, 11) is -2.58. The summed E-state index contributed by atoms with van der Waals surface area (Å²) < 4.78 is 29.9. The van der Waals surface area contributed by atoms with Crippen LogP contribution in [0.4, 0.5) is 0 Å². The molecule has 0 amide bonds. The van der Waals surface area contributed by atoms with Crippen LogP contribution in [0.5, 0.6) is 0 Å². The molecule has 0 aliphatic carbocycles. The highest BCUT2D eigenvalue weighted by molar-refractivity contribution is 7.91. The first-order chi connectivity index (χ1) is 7.53. The van der Waals surface area contributed by atoms with Crippen LogP contribution in [-0.4, -0.2) is 39.6 Å². The van der Waals surface area contributed by atoms with E-state index in [-0.39, 0.29) is 23.0 Å². The molecule has 0 aliphatic rings. The van der Waals surface area contributed by atoms with Gasteiger partial charge in [-0.05, 0) is 0 Å². The first kappa shape index (κ1) is 13.0. The minimum absolute atomic E-state index is 0.0981. The van der Waals surface area contributed by atoms with Crippen molar-refractivity contribution in [2.75, 3.05) is 20.2 Å². The molecule has 1 heterocycles. The fourth-order valence-corrected chi connectivity index (χ4v) is 3.14. The Kier molecular flexibility index (Phi) is 4.35. The van der Waals surface area contributed by atoms with Gasteiger partial charge in [0.25, 0.3) is 10.0 Å². The number of carbonyl (C=O) groups excluding carboxylic acids is 1. The number of hydrogen-bond acceptors (Lipinski definition) is 7. The van der Waals surface area contributed by atoms with E-state index in [9.17, 15) is 13.2 Å². The van der Waals surface area contributed by atoms with Gasteiger partial charge in [-0.2, -0.15) is 0 Å². The Morgan fingerprint density at radius 2 is 2.38 bits per heavy atom. The average molecular weight is 265 g/mol. The first-order valence-electron chi connectivity index (χ1n) is 4.24. The molecule has 0 spiro atoms. The molecular weight excluding hydrogens is 254 g/mol. The molecule has 0 aromatic carbocycles. The summed E-state index contributed by atoms with van der Waals surface area (Å²) in [6.07, 6.45) is 0. The Hall–Kier alpha value is -1.03. The summed E-state index contributed by atoms with van der Waals surface area (Å²) in [6.45, 7) is 0.270. The normalized spacial score (nSPS) is 11.4. The Balaban J connectivity index is 3.04. The van der Waals surface area contributed by atoms with Gasteiger partial charge in [0.2, 0.25) is 0 Å². The van der Waals surface area contributed by atoms with Gasteiger partial charge in [-0.3, -0.25) is 0 Å². The highest BCUT2D eigenvalue weighted by Crippen LogP contribution is 2.20. The van der Waals surface area contributed by atoms with Crippen molar-refractivity contribution in [3.8, 4) is 0 Å². The van der Waals surface area contributed by atoms with Gasteiger partial charge in [-0.1, -0.05) is 0 Å². The number of methoxy groups -OCH3 is 1. The van der Waals surface area contributed by atoms with Gasteiger partial charge >= 0.3 is 5.97 Å². The highest BCUT2D eigenvalue weighted by atomic mass is 32.2. The molecular formula is C7H11N3O4S2. The molecule has 0 radical (unpaired) electrons. The van der Waals surface area contributed by atoms with Crippen LogP contribution in [0.15, 0.2) is 9.72 Å². The van der Waals surface area contributed by atoms with E-state index in [1.165, 1.54) is 5.51 Å². The predicted octanol–water partition coefficient (Wildman–Crippen LogP) is -0.833. The van der Waals surface area contributed by atoms with E-state index in [0.29, 0.717) is 0 Å². The maximum Gasteiger partial charge on any atom is 0.358 e. The molecule has 0 aliphatic heterocycles. The number of hydrogen-bond donors (Lipinski definition) is 2. The van der Waals surface area contributed by atoms with Crippen LogP contribution < -0.4 is 10.5 Å². The fourth-order valence-electron chi connectivity index (χ4n) is 0.918. The van der Waals surface area contributed by atoms with Gasteiger partial charge in [0.05, 0.1) is 12.6 Å². The monoisotopic (exact) mass is 265 g/mol. The maximum atomic E-state index is 11.7. The fraction of sp³-hybridized carbons (Fsp3) is 0.429. The minimum Gasteiger partial charge on any atom is -0.464 e. The van der Waals surface area contributed by atoms with E-state index in [1.807, 2.05) is 0 Å². The molecule has 3 N–H and O–H groups in total. The van der Waals surface area contributed by atoms with Crippen molar-refractivity contribution >= 4 is 27.3 Å². The zero-order valence-corrected chi connectivity index (χ0v) is 10.1. The second kappa shape index (κ2) is 5.34. The third-order valence-electron chi connectivity index (χ3n) is 1.59. The second-order valence-corrected chi connectivity index (χ2v) is 5.48. The lowest BCUT2D eigenvalue weighted by Gasteiger charge is -2.04.